The van der Waals surface area contributed by atoms with Crippen LogP contribution in [0.2, 0.25) is 20.9 Å². The number of pyridine rings is 8. The van der Waals surface area contributed by atoms with Crippen LogP contribution in [-0.2, 0) is 28.3 Å². The molecule has 0 unspecified atom stereocenters. The van der Waals surface area contributed by atoms with Crippen LogP contribution in [-0.4, -0.2) is 200 Å². The molecule has 22 rings (SSSR count). The van der Waals surface area contributed by atoms with Gasteiger partial charge in [-0.1, -0.05) is 194 Å². The Balaban J connectivity index is 0.000000135. The summed E-state index contributed by atoms with van der Waals surface area (Å²) < 4.78 is 77.0. The van der Waals surface area contributed by atoms with Crippen LogP contribution in [0, 0.1) is 17.4 Å². The summed E-state index contributed by atoms with van der Waals surface area (Å²) in [6, 6.07) is 62.8. The third-order valence-electron chi connectivity index (χ3n) is 26.9. The molecule has 13 heterocycles. The minimum Gasteiger partial charge on any atom is -0.427 e. The predicted molar refractivity (Wildman–Crippen MR) is 614 cm³/mol. The molecule has 5 aliphatic heterocycles. The van der Waals surface area contributed by atoms with Gasteiger partial charge in [0, 0.05) is 182 Å². The van der Waals surface area contributed by atoms with Crippen LogP contribution in [0.25, 0.3) is 99.2 Å². The summed E-state index contributed by atoms with van der Waals surface area (Å²) in [4.78, 5) is 46.7. The molecule has 7 aromatic carbocycles. The van der Waals surface area contributed by atoms with E-state index in [1.54, 1.807) is 6.20 Å². The first-order valence-electron chi connectivity index (χ1n) is 49.8. The lowest BCUT2D eigenvalue weighted by molar-refractivity contribution is -0.274. The van der Waals surface area contributed by atoms with Gasteiger partial charge in [0.05, 0.1) is 101 Å². The maximum absolute atomic E-state index is 11.7. The standard InChI is InChI=1S/C30H31N3O.C27H26ClN3O.C20H19BrClN3O.C17H27BN2O3.C9H4BrClIN.C7H6BF3O3.C3H7BO2.CH4/c1-19-7-9-22(10-8-19)25-5-4-6-26-29(23-11-12-23)27(16-32-30(25)26)24-13-14-28(31-15-24)33-17-20(2)34-21(3)18-33;1-17-7-9-20(10-8-17)22-5-4-6-23-26(28)24(14-30-27(22)23)21-11-12-25(29-13-21)31-15-18(2)32-19(3)16-31;1-12-10-25(11-13(2)26-12)18-7-6-14(8-23-18)16-9-24-20-15(19(16)22)4-3-5-17(20)21;1-12-10-20(11-13(2)21-12)15-8-7-14(9-19-15)18-22-16(3,4)17(5,6)23-18;10-6-3-1-2-5-8(11)7(12)4-13-9(5)6;9-7(10,11)14-6-3-1-5(2-4-6)8(12)13;5-4(6)3-1-2-3;/h4-10,13-16,20-21,23H,11-12,17-18H2,1-3H3;4-14,18-19H,15-16H2,1-3H3;3-9,12-13H,10-11H2,1-2H3;7-9,12-13H,10-11H2,1-6H3;1-4H;1-4,12-13H;3,5-6H,1-2H2;1H4/t20-,21+;18-,19+;2*12-,13+;;;;. The smallest absolute Gasteiger partial charge is 0.427 e. The fourth-order valence-corrected chi connectivity index (χ4v) is 20.9. The molecular formula is C114H124B3Br2Cl3F3IN12O11. The van der Waals surface area contributed by atoms with Crippen LogP contribution in [0.4, 0.5) is 36.4 Å². The molecule has 0 radical (unpaired) electrons. The highest BCUT2D eigenvalue weighted by atomic mass is 127. The fraction of sp³-hybridized carbons (Fsp3) is 0.351. The quantitative estimate of drug-likeness (QED) is 0.0582. The van der Waals surface area contributed by atoms with E-state index in [-0.39, 0.29) is 85.9 Å². The van der Waals surface area contributed by atoms with E-state index >= 15 is 0 Å². The molecule has 8 aromatic heterocycles. The maximum atomic E-state index is 11.7. The highest BCUT2D eigenvalue weighted by Crippen LogP contribution is 2.50. The van der Waals surface area contributed by atoms with Crippen molar-refractivity contribution in [3.8, 4) is 61.4 Å². The van der Waals surface area contributed by atoms with E-state index in [1.807, 2.05) is 97.8 Å². The van der Waals surface area contributed by atoms with Gasteiger partial charge in [-0.15, -0.1) is 13.2 Å². The van der Waals surface area contributed by atoms with Gasteiger partial charge in [0.2, 0.25) is 0 Å². The van der Waals surface area contributed by atoms with Crippen molar-refractivity contribution in [3.63, 3.8) is 0 Å². The molecular weight excluding hydrogens is 2200 g/mol. The molecule has 4 N–H and O–H groups in total. The van der Waals surface area contributed by atoms with Gasteiger partial charge in [-0.2, -0.15) is 0 Å². The fourth-order valence-electron chi connectivity index (χ4n) is 18.7. The number of ether oxygens (including phenoxy) is 5. The number of anilines is 4. The van der Waals surface area contributed by atoms with Crippen molar-refractivity contribution in [3.05, 3.63) is 288 Å². The molecule has 0 bridgehead atoms. The number of para-hydroxylation sites is 4. The van der Waals surface area contributed by atoms with Gasteiger partial charge in [0.15, 0.2) is 0 Å². The number of halogens is 9. The number of alkyl halides is 3. The van der Waals surface area contributed by atoms with Crippen LogP contribution in [0.3, 0.4) is 0 Å². The first kappa shape index (κ1) is 113. The summed E-state index contributed by atoms with van der Waals surface area (Å²) in [5.41, 5.74) is 18.8. The Morgan fingerprint density at radius 1 is 0.389 bits per heavy atom. The van der Waals surface area contributed by atoms with E-state index in [4.69, 9.17) is 103 Å². The number of hydrogen-bond donors (Lipinski definition) is 4. The molecule has 23 nitrogen and oxygen atoms in total. The summed E-state index contributed by atoms with van der Waals surface area (Å²) in [6.07, 6.45) is 16.6. The van der Waals surface area contributed by atoms with E-state index in [2.05, 4.69) is 311 Å². The van der Waals surface area contributed by atoms with Crippen molar-refractivity contribution in [2.45, 2.75) is 208 Å². The molecule has 0 amide bonds. The van der Waals surface area contributed by atoms with Gasteiger partial charge in [-0.3, -0.25) is 19.9 Å². The number of rotatable bonds is 14. The second-order valence-electron chi connectivity index (χ2n) is 39.8. The van der Waals surface area contributed by atoms with Gasteiger partial charge in [0.1, 0.15) is 29.0 Å². The lowest BCUT2D eigenvalue weighted by Crippen LogP contribution is -2.46. The molecule has 0 spiro atoms. The summed E-state index contributed by atoms with van der Waals surface area (Å²) in [6.45, 7) is 36.2. The number of hydrogen-bond acceptors (Lipinski definition) is 23. The van der Waals surface area contributed by atoms with Crippen LogP contribution in [0.5, 0.6) is 5.75 Å². The first-order valence-corrected chi connectivity index (χ1v) is 53.6. The molecule has 15 aromatic rings. The number of nitrogens with zero attached hydrogens (tertiary/aromatic N) is 12. The van der Waals surface area contributed by atoms with Gasteiger partial charge in [-0.05, 0) is 265 Å². The Hall–Kier alpha value is -10.1. The average Bonchev–Trinajstić information content (AvgIpc) is 1.64. The summed E-state index contributed by atoms with van der Waals surface area (Å²) >= 11 is 28.8. The van der Waals surface area contributed by atoms with E-state index in [1.165, 1.54) is 51.6 Å². The molecule has 5 saturated heterocycles. The normalized spacial score (nSPS) is 19.8. The maximum Gasteiger partial charge on any atom is 0.573 e. The van der Waals surface area contributed by atoms with Crippen molar-refractivity contribution in [2.75, 3.05) is 72.0 Å². The Kier molecular flexibility index (Phi) is 37.8. The lowest BCUT2D eigenvalue weighted by atomic mass is 9.80. The highest BCUT2D eigenvalue weighted by Gasteiger charge is 2.52. The van der Waals surface area contributed by atoms with Crippen LogP contribution in [0.15, 0.2) is 253 Å². The minimum atomic E-state index is -4.74. The van der Waals surface area contributed by atoms with Crippen molar-refractivity contribution in [1.82, 2.24) is 39.9 Å². The Labute approximate surface area is 916 Å². The van der Waals surface area contributed by atoms with Crippen molar-refractivity contribution in [1.29, 1.82) is 0 Å². The van der Waals surface area contributed by atoms with Crippen LogP contribution in [0.1, 0.15) is 139 Å². The number of fused-ring (bicyclic) bond motifs is 4. The molecule has 7 fully saturated rings. The third kappa shape index (κ3) is 28.7. The number of aromatic nitrogens is 8. The summed E-state index contributed by atoms with van der Waals surface area (Å²) in [5, 5.41) is 40.1. The second-order valence-corrected chi connectivity index (χ2v) is 43.8. The van der Waals surface area contributed by atoms with Gasteiger partial charge in [0.25, 0.3) is 0 Å². The zero-order valence-electron chi connectivity index (χ0n) is 85.0. The van der Waals surface area contributed by atoms with Gasteiger partial charge >= 0.3 is 27.7 Å². The lowest BCUT2D eigenvalue weighted by Gasteiger charge is -2.36. The number of morpholine rings is 4. The van der Waals surface area contributed by atoms with Crippen molar-refractivity contribution < 1.29 is 66.3 Å². The summed E-state index contributed by atoms with van der Waals surface area (Å²) in [5.74, 6) is 4.34. The minimum absolute atomic E-state index is 0. The van der Waals surface area contributed by atoms with E-state index in [9.17, 15) is 13.2 Å². The molecule has 35 heteroatoms. The monoisotopic (exact) mass is 2320 g/mol. The zero-order valence-corrected chi connectivity index (χ0v) is 92.6. The molecule has 8 atom stereocenters. The molecule has 149 heavy (non-hydrogen) atoms. The SMILES string of the molecule is C.C[C@@H]1CN(c2ccc(-c3cnc4c(Br)cccc4c3Cl)cn2)C[C@H](C)O1.C[C@@H]1CN(c2ccc(B3OC(C)(C)C(C)(C)O3)cn2)C[C@H](C)O1.Cc1ccc(-c2cccc3c(C4CC4)c(-c4ccc(N5C[C@@H](C)O[C@@H](C)C5)nc4)cnc23)cc1.Cc1ccc(-c2cccc3c(Cl)c(-c4ccc(N5C[C@@H](C)O[C@@H](C)C5)nc4)cnc23)cc1.Clc1c(I)cnc2c(Br)cccc12.OB(O)C1CC1.OB(O)c1ccc(OC(F)(F)F)cc1. The van der Waals surface area contributed by atoms with E-state index in [0.717, 1.165) is 213 Å². The third-order valence-corrected chi connectivity index (χ3v) is 30.5. The molecule has 7 aliphatic rings. The van der Waals surface area contributed by atoms with Crippen molar-refractivity contribution >= 4 is 188 Å². The average molecular weight is 2320 g/mol. The highest BCUT2D eigenvalue weighted by molar-refractivity contribution is 14.1. The van der Waals surface area contributed by atoms with Crippen LogP contribution >= 0.6 is 89.3 Å². The zero-order chi connectivity index (χ0) is 105. The largest absolute Gasteiger partial charge is 0.573 e. The van der Waals surface area contributed by atoms with E-state index < -0.39 is 26.3 Å². The van der Waals surface area contributed by atoms with Gasteiger partial charge in [-0.25, -0.2) is 19.9 Å². The number of benzene rings is 7. The Morgan fingerprint density at radius 2 is 0.725 bits per heavy atom. The van der Waals surface area contributed by atoms with Crippen LogP contribution < -0.4 is 35.3 Å². The molecule has 2 aliphatic carbocycles. The Bertz CT molecular complexity index is 7030. The topological polar surface area (TPSA) is 262 Å². The second kappa shape index (κ2) is 49.8. The molecule has 778 valence electrons. The molecule has 2 saturated carbocycles. The van der Waals surface area contributed by atoms with Crippen molar-refractivity contribution in [2.24, 2.45) is 0 Å². The first-order chi connectivity index (χ1) is 70.6. The Morgan fingerprint density at radius 3 is 1.07 bits per heavy atom. The van der Waals surface area contributed by atoms with E-state index in [0.29, 0.717) is 16.0 Å². The summed E-state index contributed by atoms with van der Waals surface area (Å²) in [7, 11) is -3.09. The number of aryl methyl sites for hydroxylation is 2. The predicted octanol–water partition coefficient (Wildman–Crippen LogP) is 25.4. The van der Waals surface area contributed by atoms with Gasteiger partial charge < -0.3 is 72.7 Å².